The Morgan fingerprint density at radius 2 is 2.23 bits per heavy atom. The molecule has 0 amide bonds. The molecule has 2 atom stereocenters. The highest BCUT2D eigenvalue weighted by molar-refractivity contribution is 4.60. The second kappa shape index (κ2) is 6.32. The quantitative estimate of drug-likeness (QED) is 0.653. The molecule has 0 radical (unpaired) electrons. The highest BCUT2D eigenvalue weighted by Gasteiger charge is 2.18. The molecule has 1 saturated heterocycles. The van der Waals surface area contributed by atoms with Crippen molar-refractivity contribution in [1.82, 2.24) is 0 Å². The average molecular weight is 190 g/mol. The third-order valence-electron chi connectivity index (χ3n) is 2.14. The normalized spacial score (nSPS) is 25.8. The first-order valence-corrected chi connectivity index (χ1v) is 4.85. The van der Waals surface area contributed by atoms with Crippen LogP contribution in [0.5, 0.6) is 0 Å². The van der Waals surface area contributed by atoms with Crippen molar-refractivity contribution >= 4 is 0 Å². The largest absolute Gasteiger partial charge is 0.396 e. The second-order valence-corrected chi connectivity index (χ2v) is 3.25. The molecule has 1 heterocycles. The zero-order valence-electron chi connectivity index (χ0n) is 7.82. The van der Waals surface area contributed by atoms with Crippen LogP contribution in [-0.4, -0.2) is 42.4 Å². The summed E-state index contributed by atoms with van der Waals surface area (Å²) in [6, 6.07) is 0. The predicted octanol–water partition coefficient (Wildman–Crippen LogP) is 0.273. The minimum Gasteiger partial charge on any atom is -0.396 e. The first-order chi connectivity index (χ1) is 6.36. The van der Waals surface area contributed by atoms with Gasteiger partial charge in [0.1, 0.15) is 0 Å². The van der Waals surface area contributed by atoms with Crippen LogP contribution in [0.4, 0.5) is 0 Å². The van der Waals surface area contributed by atoms with E-state index in [9.17, 15) is 0 Å². The molecule has 78 valence electrons. The fraction of sp³-hybridized carbons (Fsp3) is 1.00. The lowest BCUT2D eigenvalue weighted by atomic mass is 10.2. The SMILES string of the molecule is OCC[C@H](CO)OC1CCCCO1. The van der Waals surface area contributed by atoms with Gasteiger partial charge >= 0.3 is 0 Å². The smallest absolute Gasteiger partial charge is 0.158 e. The van der Waals surface area contributed by atoms with E-state index >= 15 is 0 Å². The summed E-state index contributed by atoms with van der Waals surface area (Å²) in [5.74, 6) is 0. The number of hydrogen-bond donors (Lipinski definition) is 2. The molecule has 0 bridgehead atoms. The van der Waals surface area contributed by atoms with E-state index in [0.717, 1.165) is 25.9 Å². The van der Waals surface area contributed by atoms with Crippen molar-refractivity contribution in [2.75, 3.05) is 19.8 Å². The minimum absolute atomic E-state index is 0.0396. The van der Waals surface area contributed by atoms with Gasteiger partial charge in [0.25, 0.3) is 0 Å². The summed E-state index contributed by atoms with van der Waals surface area (Å²) in [7, 11) is 0. The summed E-state index contributed by atoms with van der Waals surface area (Å²) < 4.78 is 10.8. The van der Waals surface area contributed by atoms with Crippen LogP contribution in [0, 0.1) is 0 Å². The van der Waals surface area contributed by atoms with E-state index in [2.05, 4.69) is 0 Å². The maximum absolute atomic E-state index is 8.90. The fourth-order valence-corrected chi connectivity index (χ4v) is 1.38. The van der Waals surface area contributed by atoms with Gasteiger partial charge in [-0.25, -0.2) is 0 Å². The van der Waals surface area contributed by atoms with Crippen molar-refractivity contribution < 1.29 is 19.7 Å². The van der Waals surface area contributed by atoms with Gasteiger partial charge in [-0.15, -0.1) is 0 Å². The van der Waals surface area contributed by atoms with Crippen LogP contribution in [0.1, 0.15) is 25.7 Å². The predicted molar refractivity (Wildman–Crippen MR) is 47.3 cm³/mol. The Labute approximate surface area is 78.5 Å². The van der Waals surface area contributed by atoms with Crippen LogP contribution in [0.15, 0.2) is 0 Å². The van der Waals surface area contributed by atoms with Gasteiger partial charge in [0.15, 0.2) is 6.29 Å². The monoisotopic (exact) mass is 190 g/mol. The van der Waals surface area contributed by atoms with E-state index in [-0.39, 0.29) is 25.6 Å². The number of ether oxygens (including phenoxy) is 2. The number of aliphatic hydroxyl groups excluding tert-OH is 2. The Morgan fingerprint density at radius 3 is 2.77 bits per heavy atom. The molecule has 2 N–H and O–H groups in total. The van der Waals surface area contributed by atoms with Gasteiger partial charge in [0, 0.05) is 13.2 Å². The maximum atomic E-state index is 8.90. The molecule has 0 aromatic carbocycles. The molecular weight excluding hydrogens is 172 g/mol. The van der Waals surface area contributed by atoms with Crippen LogP contribution in [0.2, 0.25) is 0 Å². The van der Waals surface area contributed by atoms with Gasteiger partial charge in [-0.05, 0) is 25.7 Å². The van der Waals surface area contributed by atoms with Crippen LogP contribution >= 0.6 is 0 Å². The number of hydrogen-bond acceptors (Lipinski definition) is 4. The van der Waals surface area contributed by atoms with Crippen molar-refractivity contribution in [3.05, 3.63) is 0 Å². The molecular formula is C9H18O4. The van der Waals surface area contributed by atoms with E-state index in [4.69, 9.17) is 19.7 Å². The summed E-state index contributed by atoms with van der Waals surface area (Å²) in [4.78, 5) is 0. The van der Waals surface area contributed by atoms with Crippen molar-refractivity contribution in [2.24, 2.45) is 0 Å². The molecule has 0 spiro atoms. The summed E-state index contributed by atoms with van der Waals surface area (Å²) in [5, 5.41) is 17.6. The molecule has 1 aliphatic heterocycles. The van der Waals surface area contributed by atoms with Crippen molar-refractivity contribution in [3.8, 4) is 0 Å². The number of aliphatic hydroxyl groups is 2. The van der Waals surface area contributed by atoms with Gasteiger partial charge in [-0.2, -0.15) is 0 Å². The Morgan fingerprint density at radius 1 is 1.38 bits per heavy atom. The molecule has 0 saturated carbocycles. The fourth-order valence-electron chi connectivity index (χ4n) is 1.38. The minimum atomic E-state index is -0.284. The lowest BCUT2D eigenvalue weighted by Gasteiger charge is -2.26. The van der Waals surface area contributed by atoms with Crippen LogP contribution in [0.3, 0.4) is 0 Å². The van der Waals surface area contributed by atoms with Gasteiger partial charge in [0.2, 0.25) is 0 Å². The zero-order chi connectivity index (χ0) is 9.52. The van der Waals surface area contributed by atoms with Gasteiger partial charge in [0.05, 0.1) is 12.7 Å². The molecule has 13 heavy (non-hydrogen) atoms. The van der Waals surface area contributed by atoms with Crippen molar-refractivity contribution in [3.63, 3.8) is 0 Å². The van der Waals surface area contributed by atoms with Crippen molar-refractivity contribution in [1.29, 1.82) is 0 Å². The Hall–Kier alpha value is -0.160. The molecule has 4 nitrogen and oxygen atoms in total. The van der Waals surface area contributed by atoms with Crippen LogP contribution < -0.4 is 0 Å². The van der Waals surface area contributed by atoms with E-state index < -0.39 is 0 Å². The first kappa shape index (κ1) is 10.9. The molecule has 1 fully saturated rings. The second-order valence-electron chi connectivity index (χ2n) is 3.25. The number of rotatable bonds is 5. The molecule has 1 unspecified atom stereocenters. The van der Waals surface area contributed by atoms with Crippen LogP contribution in [0.25, 0.3) is 0 Å². The highest BCUT2D eigenvalue weighted by atomic mass is 16.7. The van der Waals surface area contributed by atoms with E-state index in [1.54, 1.807) is 0 Å². The summed E-state index contributed by atoms with van der Waals surface area (Å²) in [6.45, 7) is 0.723. The summed E-state index contributed by atoms with van der Waals surface area (Å²) in [6.07, 6.45) is 3.09. The van der Waals surface area contributed by atoms with Crippen LogP contribution in [-0.2, 0) is 9.47 Å². The summed E-state index contributed by atoms with van der Waals surface area (Å²) >= 11 is 0. The van der Waals surface area contributed by atoms with E-state index in [1.165, 1.54) is 0 Å². The Kier molecular flexibility index (Phi) is 5.31. The average Bonchev–Trinajstić information content (AvgIpc) is 2.19. The van der Waals surface area contributed by atoms with E-state index in [1.807, 2.05) is 0 Å². The Bertz CT molecular complexity index is 120. The Balaban J connectivity index is 2.18. The third-order valence-corrected chi connectivity index (χ3v) is 2.14. The zero-order valence-corrected chi connectivity index (χ0v) is 7.82. The lowest BCUT2D eigenvalue weighted by Crippen LogP contribution is -2.30. The highest BCUT2D eigenvalue weighted by Crippen LogP contribution is 2.16. The molecule has 1 aliphatic rings. The van der Waals surface area contributed by atoms with Gasteiger partial charge < -0.3 is 19.7 Å². The van der Waals surface area contributed by atoms with Gasteiger partial charge in [-0.3, -0.25) is 0 Å². The van der Waals surface area contributed by atoms with Crippen molar-refractivity contribution in [2.45, 2.75) is 38.1 Å². The lowest BCUT2D eigenvalue weighted by molar-refractivity contribution is -0.197. The topological polar surface area (TPSA) is 58.9 Å². The third kappa shape index (κ3) is 4.04. The molecule has 0 aliphatic carbocycles. The van der Waals surface area contributed by atoms with Gasteiger partial charge in [-0.1, -0.05) is 0 Å². The standard InChI is InChI=1S/C9H18O4/c10-5-4-8(7-11)13-9-3-1-2-6-12-9/h8-11H,1-7H2/t8-,9?/m1/s1. The molecule has 0 aromatic rings. The molecule has 4 heteroatoms. The summed E-state index contributed by atoms with van der Waals surface area (Å²) in [5.41, 5.74) is 0. The van der Waals surface area contributed by atoms with E-state index in [0.29, 0.717) is 6.42 Å². The maximum Gasteiger partial charge on any atom is 0.158 e. The molecule has 0 aromatic heterocycles. The molecule has 1 rings (SSSR count). The first-order valence-electron chi connectivity index (χ1n) is 4.85.